The van der Waals surface area contributed by atoms with Crippen LogP contribution >= 0.6 is 7.92 Å². The number of carbonyl (C=O) groups excluding carboxylic acids is 2. The molecule has 8 nitrogen and oxygen atoms in total. The van der Waals surface area contributed by atoms with Gasteiger partial charge in [-0.3, -0.25) is 0 Å². The van der Waals surface area contributed by atoms with Crippen LogP contribution in [0.25, 0.3) is 0 Å². The Labute approximate surface area is 211 Å². The van der Waals surface area contributed by atoms with Crippen LogP contribution < -0.4 is 34.9 Å². The number of hydrogen-bond acceptors (Lipinski definition) is 8. The minimum atomic E-state index is -1.42. The molecule has 0 aliphatic heterocycles. The van der Waals surface area contributed by atoms with E-state index in [4.69, 9.17) is 23.7 Å². The Kier molecular flexibility index (Phi) is 9.31. The van der Waals surface area contributed by atoms with E-state index < -0.39 is 19.9 Å². The molecule has 0 saturated carbocycles. The summed E-state index contributed by atoms with van der Waals surface area (Å²) >= 11 is 0. The Hall–Kier alpha value is -4.03. The van der Waals surface area contributed by atoms with Crippen LogP contribution in [0.5, 0.6) is 23.0 Å². The largest absolute Gasteiger partial charge is 0.496 e. The van der Waals surface area contributed by atoms with Crippen molar-refractivity contribution in [3.63, 3.8) is 0 Å². The van der Waals surface area contributed by atoms with Gasteiger partial charge in [0.15, 0.2) is 0 Å². The van der Waals surface area contributed by atoms with Crippen molar-refractivity contribution in [1.29, 1.82) is 0 Å². The lowest BCUT2D eigenvalue weighted by Gasteiger charge is -2.26. The lowest BCUT2D eigenvalue weighted by molar-refractivity contribution is -0.140. The summed E-state index contributed by atoms with van der Waals surface area (Å²) in [6, 6.07) is 20.5. The maximum Gasteiger partial charge on any atom is 0.374 e. The number of ether oxygens (including phenoxy) is 6. The van der Waals surface area contributed by atoms with E-state index in [9.17, 15) is 9.59 Å². The molecule has 1 atom stereocenters. The molecule has 0 spiro atoms. The molecule has 0 N–H and O–H groups in total. The average molecular weight is 510 g/mol. The Morgan fingerprint density at radius 1 is 0.639 bits per heavy atom. The highest BCUT2D eigenvalue weighted by Gasteiger charge is 2.31. The third-order valence-corrected chi connectivity index (χ3v) is 7.69. The first-order valence-corrected chi connectivity index (χ1v) is 12.1. The van der Waals surface area contributed by atoms with Crippen molar-refractivity contribution >= 4 is 35.8 Å². The summed E-state index contributed by atoms with van der Waals surface area (Å²) in [5, 5.41) is 2.37. The standard InChI is InChI=1S/C27H27O8P/c1-30-19-13-9-14-20(31-2)25(19)36(18-11-7-6-8-12-18)26-21(32-3)15-10-16-22(26)35-23(27(29)34-5)17-24(28)33-4/h6-17H,1-5H3/b23-17+. The van der Waals surface area contributed by atoms with E-state index >= 15 is 0 Å². The smallest absolute Gasteiger partial charge is 0.374 e. The summed E-state index contributed by atoms with van der Waals surface area (Å²) in [5.74, 6) is 0.0768. The Morgan fingerprint density at radius 3 is 1.61 bits per heavy atom. The molecular formula is C27H27O8P. The second-order valence-electron chi connectivity index (χ2n) is 7.11. The van der Waals surface area contributed by atoms with Crippen LogP contribution in [0.1, 0.15) is 0 Å². The first-order valence-electron chi connectivity index (χ1n) is 10.8. The average Bonchev–Trinajstić information content (AvgIpc) is 2.93. The van der Waals surface area contributed by atoms with Gasteiger partial charge in [-0.2, -0.15) is 0 Å². The van der Waals surface area contributed by atoms with E-state index in [0.717, 1.165) is 16.7 Å². The fraction of sp³-hybridized carbons (Fsp3) is 0.185. The molecule has 36 heavy (non-hydrogen) atoms. The van der Waals surface area contributed by atoms with Crippen molar-refractivity contribution in [2.24, 2.45) is 0 Å². The molecule has 0 aliphatic rings. The van der Waals surface area contributed by atoms with Gasteiger partial charge in [-0.25, -0.2) is 9.59 Å². The van der Waals surface area contributed by atoms with Crippen LogP contribution in [0.3, 0.4) is 0 Å². The molecule has 3 aromatic rings. The van der Waals surface area contributed by atoms with Gasteiger partial charge in [-0.05, 0) is 29.6 Å². The van der Waals surface area contributed by atoms with E-state index in [1.807, 2.05) is 48.5 Å². The topological polar surface area (TPSA) is 89.5 Å². The lowest BCUT2D eigenvalue weighted by Crippen LogP contribution is -2.26. The first-order chi connectivity index (χ1) is 17.5. The van der Waals surface area contributed by atoms with Crippen LogP contribution in [0.2, 0.25) is 0 Å². The van der Waals surface area contributed by atoms with E-state index in [-0.39, 0.29) is 11.5 Å². The molecule has 3 rings (SSSR count). The van der Waals surface area contributed by atoms with Crippen LogP contribution in [0, 0.1) is 0 Å². The van der Waals surface area contributed by atoms with Gasteiger partial charge in [0.05, 0.1) is 52.2 Å². The van der Waals surface area contributed by atoms with Crippen molar-refractivity contribution in [3.8, 4) is 23.0 Å². The third kappa shape index (κ3) is 5.78. The van der Waals surface area contributed by atoms with Crippen molar-refractivity contribution in [3.05, 3.63) is 78.6 Å². The van der Waals surface area contributed by atoms with Crippen LogP contribution in [-0.4, -0.2) is 47.5 Å². The fourth-order valence-electron chi connectivity index (χ4n) is 3.48. The van der Waals surface area contributed by atoms with Gasteiger partial charge < -0.3 is 28.4 Å². The third-order valence-electron chi connectivity index (χ3n) is 5.10. The molecule has 188 valence electrons. The second-order valence-corrected chi connectivity index (χ2v) is 9.20. The molecular weight excluding hydrogens is 483 g/mol. The predicted molar refractivity (Wildman–Crippen MR) is 138 cm³/mol. The Bertz CT molecular complexity index is 1220. The molecule has 0 bridgehead atoms. The van der Waals surface area contributed by atoms with E-state index in [0.29, 0.717) is 22.6 Å². The zero-order valence-electron chi connectivity index (χ0n) is 20.6. The highest BCUT2D eigenvalue weighted by molar-refractivity contribution is 7.80. The minimum absolute atomic E-state index is 0.290. The van der Waals surface area contributed by atoms with Gasteiger partial charge in [0.2, 0.25) is 5.76 Å². The van der Waals surface area contributed by atoms with Crippen molar-refractivity contribution < 1.29 is 38.0 Å². The summed E-state index contributed by atoms with van der Waals surface area (Å²) < 4.78 is 32.8. The van der Waals surface area contributed by atoms with Gasteiger partial charge >= 0.3 is 11.9 Å². The molecule has 3 aromatic carbocycles. The van der Waals surface area contributed by atoms with Crippen LogP contribution in [0.4, 0.5) is 0 Å². The number of carbonyl (C=O) groups is 2. The van der Waals surface area contributed by atoms with Gasteiger partial charge in [0, 0.05) is 7.92 Å². The van der Waals surface area contributed by atoms with Gasteiger partial charge in [0.25, 0.3) is 0 Å². The number of esters is 2. The number of benzene rings is 3. The number of hydrogen-bond donors (Lipinski definition) is 0. The Morgan fingerprint density at radius 2 is 1.14 bits per heavy atom. The number of methoxy groups -OCH3 is 5. The summed E-state index contributed by atoms with van der Waals surface area (Å²) in [5.41, 5.74) is 0. The quantitative estimate of drug-likeness (QED) is 0.178. The van der Waals surface area contributed by atoms with Crippen molar-refractivity contribution in [2.75, 3.05) is 35.5 Å². The summed E-state index contributed by atoms with van der Waals surface area (Å²) in [7, 11) is 5.70. The molecule has 0 saturated heterocycles. The molecule has 0 amide bonds. The highest BCUT2D eigenvalue weighted by atomic mass is 31.1. The van der Waals surface area contributed by atoms with E-state index in [1.54, 1.807) is 39.5 Å². The van der Waals surface area contributed by atoms with Crippen LogP contribution in [0.15, 0.2) is 78.6 Å². The number of rotatable bonds is 10. The van der Waals surface area contributed by atoms with E-state index in [2.05, 4.69) is 4.74 Å². The molecule has 0 radical (unpaired) electrons. The molecule has 0 aliphatic carbocycles. The SMILES string of the molecule is COC(=O)/C=C(/Oc1cccc(OC)c1P(c1ccccc1)c1c(OC)cccc1OC)C(=O)OC. The second kappa shape index (κ2) is 12.6. The van der Waals surface area contributed by atoms with Crippen LogP contribution in [-0.2, 0) is 19.1 Å². The van der Waals surface area contributed by atoms with Crippen molar-refractivity contribution in [2.45, 2.75) is 0 Å². The summed E-state index contributed by atoms with van der Waals surface area (Å²) in [4.78, 5) is 24.4. The lowest BCUT2D eigenvalue weighted by atomic mass is 10.3. The zero-order chi connectivity index (χ0) is 26.1. The predicted octanol–water partition coefficient (Wildman–Crippen LogP) is 3.08. The van der Waals surface area contributed by atoms with Gasteiger partial charge in [-0.1, -0.05) is 42.5 Å². The van der Waals surface area contributed by atoms with Gasteiger partial charge in [-0.15, -0.1) is 0 Å². The normalized spacial score (nSPS) is 11.8. The Balaban J connectivity index is 2.35. The van der Waals surface area contributed by atoms with Gasteiger partial charge in [0.1, 0.15) is 23.0 Å². The monoisotopic (exact) mass is 510 g/mol. The maximum absolute atomic E-state index is 12.5. The summed E-state index contributed by atoms with van der Waals surface area (Å²) in [6.07, 6.45) is 0.934. The first kappa shape index (κ1) is 26.6. The minimum Gasteiger partial charge on any atom is -0.496 e. The maximum atomic E-state index is 12.5. The summed E-state index contributed by atoms with van der Waals surface area (Å²) in [6.45, 7) is 0. The highest BCUT2D eigenvalue weighted by Crippen LogP contribution is 2.45. The fourth-order valence-corrected chi connectivity index (χ4v) is 6.19. The van der Waals surface area contributed by atoms with Crippen molar-refractivity contribution in [1.82, 2.24) is 0 Å². The molecule has 0 heterocycles. The molecule has 9 heteroatoms. The zero-order valence-corrected chi connectivity index (χ0v) is 21.5. The molecule has 0 aromatic heterocycles. The molecule has 0 fully saturated rings. The van der Waals surface area contributed by atoms with E-state index in [1.165, 1.54) is 14.2 Å². The molecule has 1 unspecified atom stereocenters.